The highest BCUT2D eigenvalue weighted by atomic mass is 79.9. The molecule has 3 nitrogen and oxygen atoms in total. The highest BCUT2D eigenvalue weighted by Crippen LogP contribution is 2.32. The van der Waals surface area contributed by atoms with Crippen molar-refractivity contribution in [1.29, 1.82) is 0 Å². The molecule has 0 aliphatic carbocycles. The number of rotatable bonds is 4. The molecule has 5 heteroatoms. The van der Waals surface area contributed by atoms with Crippen molar-refractivity contribution in [2.24, 2.45) is 0 Å². The molecule has 0 aliphatic rings. The maximum Gasteiger partial charge on any atom is 0.303 e. The van der Waals surface area contributed by atoms with Crippen molar-refractivity contribution < 1.29 is 15.0 Å². The van der Waals surface area contributed by atoms with Crippen LogP contribution >= 0.6 is 27.3 Å². The molecule has 0 saturated heterocycles. The molecule has 1 heterocycles. The fraction of sp³-hybridized carbons (Fsp3) is 0.444. The summed E-state index contributed by atoms with van der Waals surface area (Å²) in [7, 11) is 0. The van der Waals surface area contributed by atoms with Gasteiger partial charge in [0.1, 0.15) is 0 Å². The molecule has 0 spiro atoms. The Kier molecular flexibility index (Phi) is 4.10. The molecule has 0 fully saturated rings. The second-order valence-corrected chi connectivity index (χ2v) is 5.65. The summed E-state index contributed by atoms with van der Waals surface area (Å²) in [5.41, 5.74) is 0.822. The number of aryl methyl sites for hydroxylation is 1. The molecular weight excluding hydrogens is 268 g/mol. The van der Waals surface area contributed by atoms with Crippen molar-refractivity contribution in [1.82, 2.24) is 0 Å². The van der Waals surface area contributed by atoms with Crippen LogP contribution in [0.4, 0.5) is 0 Å². The molecule has 2 N–H and O–H groups in total. The summed E-state index contributed by atoms with van der Waals surface area (Å²) < 4.78 is 0.958. The summed E-state index contributed by atoms with van der Waals surface area (Å²) in [4.78, 5) is 11.3. The Morgan fingerprint density at radius 1 is 1.71 bits per heavy atom. The highest BCUT2D eigenvalue weighted by molar-refractivity contribution is 9.11. The van der Waals surface area contributed by atoms with E-state index in [-0.39, 0.29) is 12.8 Å². The van der Waals surface area contributed by atoms with Crippen molar-refractivity contribution in [3.63, 3.8) is 0 Å². The van der Waals surface area contributed by atoms with Gasteiger partial charge in [-0.2, -0.15) is 0 Å². The zero-order valence-electron chi connectivity index (χ0n) is 7.66. The van der Waals surface area contributed by atoms with Crippen molar-refractivity contribution in [3.8, 4) is 0 Å². The van der Waals surface area contributed by atoms with E-state index >= 15 is 0 Å². The summed E-state index contributed by atoms with van der Waals surface area (Å²) in [6.45, 7) is 1.91. The topological polar surface area (TPSA) is 57.5 Å². The first-order valence-corrected chi connectivity index (χ1v) is 5.77. The standard InChI is InChI=1S/C9H11BrO3S/c1-5-6(4-8(10)14-5)7(11)2-3-9(12)13/h4,7,11H,2-3H2,1H3,(H,12,13). The van der Waals surface area contributed by atoms with E-state index in [4.69, 9.17) is 5.11 Å². The van der Waals surface area contributed by atoms with Gasteiger partial charge in [0.2, 0.25) is 0 Å². The number of carboxylic acids is 1. The van der Waals surface area contributed by atoms with E-state index in [1.807, 2.05) is 13.0 Å². The molecule has 1 aromatic heterocycles. The quantitative estimate of drug-likeness (QED) is 0.891. The van der Waals surface area contributed by atoms with Crippen LogP contribution < -0.4 is 0 Å². The molecule has 0 amide bonds. The number of aliphatic hydroxyl groups excluding tert-OH is 1. The van der Waals surface area contributed by atoms with Gasteiger partial charge in [-0.05, 0) is 40.9 Å². The molecule has 1 rings (SSSR count). The number of halogens is 1. The van der Waals surface area contributed by atoms with E-state index < -0.39 is 12.1 Å². The van der Waals surface area contributed by atoms with Gasteiger partial charge >= 0.3 is 5.97 Å². The van der Waals surface area contributed by atoms with Gasteiger partial charge in [-0.25, -0.2) is 0 Å². The van der Waals surface area contributed by atoms with Crippen LogP contribution in [0, 0.1) is 6.92 Å². The van der Waals surface area contributed by atoms with E-state index in [0.29, 0.717) is 0 Å². The third-order valence-electron chi connectivity index (χ3n) is 1.92. The van der Waals surface area contributed by atoms with Crippen LogP contribution in [-0.2, 0) is 4.79 Å². The number of thiophene rings is 1. The average molecular weight is 279 g/mol. The van der Waals surface area contributed by atoms with Gasteiger partial charge in [-0.15, -0.1) is 11.3 Å². The second kappa shape index (κ2) is 4.91. The van der Waals surface area contributed by atoms with E-state index in [9.17, 15) is 9.90 Å². The van der Waals surface area contributed by atoms with Crippen molar-refractivity contribution >= 4 is 33.2 Å². The minimum absolute atomic E-state index is 0.00588. The van der Waals surface area contributed by atoms with Gasteiger partial charge < -0.3 is 10.2 Å². The van der Waals surface area contributed by atoms with Gasteiger partial charge in [0.25, 0.3) is 0 Å². The minimum Gasteiger partial charge on any atom is -0.481 e. The number of hydrogen-bond acceptors (Lipinski definition) is 3. The lowest BCUT2D eigenvalue weighted by atomic mass is 10.1. The lowest BCUT2D eigenvalue weighted by molar-refractivity contribution is -0.137. The number of aliphatic hydroxyl groups is 1. The van der Waals surface area contributed by atoms with E-state index in [0.717, 1.165) is 14.2 Å². The summed E-state index contributed by atoms with van der Waals surface area (Å²) in [6.07, 6.45) is -0.415. The minimum atomic E-state index is -0.879. The first-order valence-electron chi connectivity index (χ1n) is 4.16. The number of hydrogen-bond donors (Lipinski definition) is 2. The Hall–Kier alpha value is -0.390. The Morgan fingerprint density at radius 2 is 2.36 bits per heavy atom. The summed E-state index contributed by atoms with van der Waals surface area (Å²) in [5.74, 6) is -0.879. The molecule has 1 atom stereocenters. The van der Waals surface area contributed by atoms with Crippen LogP contribution in [0.15, 0.2) is 9.85 Å². The Bertz CT molecular complexity index is 335. The van der Waals surface area contributed by atoms with E-state index in [2.05, 4.69) is 15.9 Å². The van der Waals surface area contributed by atoms with Crippen molar-refractivity contribution in [2.45, 2.75) is 25.9 Å². The molecule has 14 heavy (non-hydrogen) atoms. The average Bonchev–Trinajstić information content (AvgIpc) is 2.41. The Balaban J connectivity index is 2.64. The van der Waals surface area contributed by atoms with Gasteiger partial charge in [0, 0.05) is 11.3 Å². The maximum atomic E-state index is 10.3. The molecule has 78 valence electrons. The fourth-order valence-corrected chi connectivity index (χ4v) is 2.97. The zero-order chi connectivity index (χ0) is 10.7. The fourth-order valence-electron chi connectivity index (χ4n) is 1.21. The molecule has 0 bridgehead atoms. The molecule has 0 aliphatic heterocycles. The van der Waals surface area contributed by atoms with Crippen molar-refractivity contribution in [3.05, 3.63) is 20.3 Å². The van der Waals surface area contributed by atoms with Gasteiger partial charge in [0.15, 0.2) is 0 Å². The normalized spacial score (nSPS) is 12.8. The Labute approximate surface area is 94.5 Å². The maximum absolute atomic E-state index is 10.3. The molecule has 0 saturated carbocycles. The van der Waals surface area contributed by atoms with E-state index in [1.54, 1.807) is 11.3 Å². The van der Waals surface area contributed by atoms with Crippen LogP contribution in [0.5, 0.6) is 0 Å². The molecule has 0 aromatic carbocycles. The molecule has 1 aromatic rings. The molecule has 1 unspecified atom stereocenters. The number of carboxylic acid groups (broad SMARTS) is 1. The van der Waals surface area contributed by atoms with E-state index in [1.165, 1.54) is 0 Å². The molecular formula is C9H11BrO3S. The third-order valence-corrected chi connectivity index (χ3v) is 3.49. The third kappa shape index (κ3) is 3.08. The lowest BCUT2D eigenvalue weighted by Crippen LogP contribution is -2.02. The summed E-state index contributed by atoms with van der Waals surface area (Å²) in [5, 5.41) is 18.2. The Morgan fingerprint density at radius 3 is 2.79 bits per heavy atom. The number of carbonyl (C=O) groups is 1. The van der Waals surface area contributed by atoms with Crippen LogP contribution in [0.3, 0.4) is 0 Å². The van der Waals surface area contributed by atoms with Gasteiger partial charge in [0.05, 0.1) is 9.89 Å². The monoisotopic (exact) mass is 278 g/mol. The highest BCUT2D eigenvalue weighted by Gasteiger charge is 2.14. The summed E-state index contributed by atoms with van der Waals surface area (Å²) >= 11 is 4.86. The summed E-state index contributed by atoms with van der Waals surface area (Å²) in [6, 6.07) is 1.84. The van der Waals surface area contributed by atoms with Crippen molar-refractivity contribution in [2.75, 3.05) is 0 Å². The lowest BCUT2D eigenvalue weighted by Gasteiger charge is -2.07. The molecule has 0 radical (unpaired) electrons. The second-order valence-electron chi connectivity index (χ2n) is 3.01. The predicted octanol–water partition coefficient (Wildman–Crippen LogP) is 2.72. The predicted molar refractivity (Wildman–Crippen MR) is 58.6 cm³/mol. The largest absolute Gasteiger partial charge is 0.481 e. The van der Waals surface area contributed by atoms with Crippen LogP contribution in [-0.4, -0.2) is 16.2 Å². The first kappa shape index (κ1) is 11.7. The number of aliphatic carboxylic acids is 1. The van der Waals surface area contributed by atoms with Gasteiger partial charge in [-0.1, -0.05) is 0 Å². The van der Waals surface area contributed by atoms with Crippen LogP contribution in [0.1, 0.15) is 29.4 Å². The van der Waals surface area contributed by atoms with Crippen LogP contribution in [0.2, 0.25) is 0 Å². The van der Waals surface area contributed by atoms with Gasteiger partial charge in [-0.3, -0.25) is 4.79 Å². The smallest absolute Gasteiger partial charge is 0.303 e. The SMILES string of the molecule is Cc1sc(Br)cc1C(O)CCC(=O)O. The first-order chi connectivity index (χ1) is 6.50. The zero-order valence-corrected chi connectivity index (χ0v) is 10.1. The van der Waals surface area contributed by atoms with Crippen LogP contribution in [0.25, 0.3) is 0 Å².